The summed E-state index contributed by atoms with van der Waals surface area (Å²) >= 11 is 1.88. The molecule has 1 unspecified atom stereocenters. The van der Waals surface area contributed by atoms with Crippen molar-refractivity contribution in [1.29, 1.82) is 0 Å². The van der Waals surface area contributed by atoms with E-state index >= 15 is 0 Å². The molecule has 0 aromatic carbocycles. The number of thiazole rings is 1. The van der Waals surface area contributed by atoms with E-state index in [0.29, 0.717) is 11.5 Å². The minimum absolute atomic E-state index is 0.412. The molecular formula is C16H29N3S. The first-order valence-corrected chi connectivity index (χ1v) is 8.70. The standard InChI is InChI=1S/C16H29N3S/c1-6-17-12(2)14-13(3)18-15(20-14)19-10-7-8-16(4,5)9-11-19/h12,17H,6-11H2,1-5H3. The molecule has 1 aliphatic heterocycles. The predicted molar refractivity (Wildman–Crippen MR) is 88.8 cm³/mol. The number of nitrogens with zero attached hydrogens (tertiary/aromatic N) is 2. The maximum absolute atomic E-state index is 4.83. The third-order valence-electron chi connectivity index (χ3n) is 4.34. The largest absolute Gasteiger partial charge is 0.348 e. The Bertz CT molecular complexity index is 439. The van der Waals surface area contributed by atoms with Crippen molar-refractivity contribution in [2.75, 3.05) is 24.5 Å². The number of rotatable bonds is 4. The van der Waals surface area contributed by atoms with E-state index in [1.54, 1.807) is 0 Å². The summed E-state index contributed by atoms with van der Waals surface area (Å²) in [6.45, 7) is 14.6. The lowest BCUT2D eigenvalue weighted by Crippen LogP contribution is -2.24. The molecule has 1 fully saturated rings. The maximum atomic E-state index is 4.83. The minimum atomic E-state index is 0.412. The Morgan fingerprint density at radius 1 is 1.35 bits per heavy atom. The molecule has 0 bridgehead atoms. The number of aromatic nitrogens is 1. The van der Waals surface area contributed by atoms with Crippen LogP contribution in [-0.4, -0.2) is 24.6 Å². The van der Waals surface area contributed by atoms with Gasteiger partial charge in [-0.3, -0.25) is 0 Å². The van der Waals surface area contributed by atoms with Crippen molar-refractivity contribution in [3.8, 4) is 0 Å². The van der Waals surface area contributed by atoms with Crippen LogP contribution in [-0.2, 0) is 0 Å². The van der Waals surface area contributed by atoms with Crippen LogP contribution in [0.5, 0.6) is 0 Å². The van der Waals surface area contributed by atoms with Gasteiger partial charge in [0.25, 0.3) is 0 Å². The van der Waals surface area contributed by atoms with Crippen LogP contribution in [0.15, 0.2) is 0 Å². The zero-order valence-electron chi connectivity index (χ0n) is 13.6. The summed E-state index contributed by atoms with van der Waals surface area (Å²) in [7, 11) is 0. The maximum Gasteiger partial charge on any atom is 0.185 e. The molecule has 1 aromatic heterocycles. The van der Waals surface area contributed by atoms with Gasteiger partial charge in [0.15, 0.2) is 5.13 Å². The van der Waals surface area contributed by atoms with Gasteiger partial charge in [-0.1, -0.05) is 20.8 Å². The van der Waals surface area contributed by atoms with Crippen molar-refractivity contribution in [3.05, 3.63) is 10.6 Å². The lowest BCUT2D eigenvalue weighted by Gasteiger charge is -2.23. The Balaban J connectivity index is 2.11. The Kier molecular flexibility index (Phi) is 5.08. The second-order valence-electron chi connectivity index (χ2n) is 6.73. The lowest BCUT2D eigenvalue weighted by atomic mass is 9.85. The average Bonchev–Trinajstić information content (AvgIpc) is 2.66. The Morgan fingerprint density at radius 2 is 2.10 bits per heavy atom. The SMILES string of the molecule is CCNC(C)c1sc(N2CCCC(C)(C)CC2)nc1C. The molecule has 0 aliphatic carbocycles. The third-order valence-corrected chi connectivity index (χ3v) is 5.74. The zero-order valence-corrected chi connectivity index (χ0v) is 14.4. The van der Waals surface area contributed by atoms with Gasteiger partial charge in [0.05, 0.1) is 5.69 Å². The highest BCUT2D eigenvalue weighted by Crippen LogP contribution is 2.35. The molecule has 0 saturated carbocycles. The first-order chi connectivity index (χ1) is 9.43. The summed E-state index contributed by atoms with van der Waals surface area (Å²) in [5, 5.41) is 4.72. The van der Waals surface area contributed by atoms with Gasteiger partial charge in [-0.2, -0.15) is 0 Å². The molecule has 1 saturated heterocycles. The van der Waals surface area contributed by atoms with Crippen molar-refractivity contribution in [2.24, 2.45) is 5.41 Å². The topological polar surface area (TPSA) is 28.2 Å². The van der Waals surface area contributed by atoms with Crippen LogP contribution in [0.1, 0.15) is 63.6 Å². The van der Waals surface area contributed by atoms with E-state index in [0.717, 1.165) is 19.6 Å². The van der Waals surface area contributed by atoms with Crippen LogP contribution in [0.3, 0.4) is 0 Å². The van der Waals surface area contributed by atoms with Crippen molar-refractivity contribution < 1.29 is 0 Å². The average molecular weight is 295 g/mol. The molecule has 1 atom stereocenters. The van der Waals surface area contributed by atoms with Crippen LogP contribution in [0.2, 0.25) is 0 Å². The molecule has 0 amide bonds. The van der Waals surface area contributed by atoms with Gasteiger partial charge in [-0.05, 0) is 45.1 Å². The van der Waals surface area contributed by atoms with Gasteiger partial charge in [-0.25, -0.2) is 4.98 Å². The fraction of sp³-hybridized carbons (Fsp3) is 0.812. The second kappa shape index (κ2) is 6.44. The van der Waals surface area contributed by atoms with Crippen LogP contribution in [0.25, 0.3) is 0 Å². The summed E-state index contributed by atoms with van der Waals surface area (Å²) in [4.78, 5) is 8.72. The minimum Gasteiger partial charge on any atom is -0.348 e. The quantitative estimate of drug-likeness (QED) is 0.905. The van der Waals surface area contributed by atoms with Crippen LogP contribution >= 0.6 is 11.3 Å². The molecular weight excluding hydrogens is 266 g/mol. The molecule has 1 aromatic rings. The van der Waals surface area contributed by atoms with Gasteiger partial charge in [0.2, 0.25) is 0 Å². The van der Waals surface area contributed by atoms with Crippen molar-refractivity contribution in [2.45, 2.75) is 59.9 Å². The molecule has 1 N–H and O–H groups in total. The van der Waals surface area contributed by atoms with Gasteiger partial charge < -0.3 is 10.2 Å². The highest BCUT2D eigenvalue weighted by molar-refractivity contribution is 7.15. The monoisotopic (exact) mass is 295 g/mol. The smallest absolute Gasteiger partial charge is 0.185 e. The highest BCUT2D eigenvalue weighted by Gasteiger charge is 2.25. The van der Waals surface area contributed by atoms with Gasteiger partial charge in [0, 0.05) is 24.0 Å². The Hall–Kier alpha value is -0.610. The third kappa shape index (κ3) is 3.73. The van der Waals surface area contributed by atoms with E-state index in [1.165, 1.54) is 35.0 Å². The summed E-state index contributed by atoms with van der Waals surface area (Å²) in [6, 6.07) is 0.412. The fourth-order valence-corrected chi connectivity index (χ4v) is 4.09. The van der Waals surface area contributed by atoms with E-state index in [1.807, 2.05) is 11.3 Å². The number of aryl methyl sites for hydroxylation is 1. The van der Waals surface area contributed by atoms with E-state index in [2.05, 4.69) is 44.8 Å². The molecule has 3 nitrogen and oxygen atoms in total. The van der Waals surface area contributed by atoms with Gasteiger partial charge >= 0.3 is 0 Å². The Morgan fingerprint density at radius 3 is 2.80 bits per heavy atom. The van der Waals surface area contributed by atoms with E-state index in [4.69, 9.17) is 4.98 Å². The highest BCUT2D eigenvalue weighted by atomic mass is 32.1. The van der Waals surface area contributed by atoms with Crippen molar-refractivity contribution in [3.63, 3.8) is 0 Å². The van der Waals surface area contributed by atoms with Crippen LogP contribution in [0.4, 0.5) is 5.13 Å². The fourth-order valence-electron chi connectivity index (χ4n) is 2.94. The molecule has 2 rings (SSSR count). The summed E-state index contributed by atoms with van der Waals surface area (Å²) in [5.41, 5.74) is 1.68. The number of hydrogen-bond acceptors (Lipinski definition) is 4. The normalized spacial score (nSPS) is 20.8. The first-order valence-electron chi connectivity index (χ1n) is 7.88. The molecule has 114 valence electrons. The summed E-state index contributed by atoms with van der Waals surface area (Å²) < 4.78 is 0. The number of nitrogens with one attached hydrogen (secondary N) is 1. The van der Waals surface area contributed by atoms with Gasteiger partial charge in [0.1, 0.15) is 0 Å². The molecule has 0 radical (unpaired) electrons. The summed E-state index contributed by atoms with van der Waals surface area (Å²) in [5.74, 6) is 0. The first kappa shape index (κ1) is 15.8. The second-order valence-corrected chi connectivity index (χ2v) is 7.74. The number of hydrogen-bond donors (Lipinski definition) is 1. The van der Waals surface area contributed by atoms with Crippen LogP contribution < -0.4 is 10.2 Å². The van der Waals surface area contributed by atoms with Gasteiger partial charge in [-0.15, -0.1) is 11.3 Å². The summed E-state index contributed by atoms with van der Waals surface area (Å²) in [6.07, 6.45) is 3.88. The number of anilines is 1. The molecule has 4 heteroatoms. The predicted octanol–water partition coefficient (Wildman–Crippen LogP) is 4.14. The molecule has 2 heterocycles. The van der Waals surface area contributed by atoms with Crippen molar-refractivity contribution in [1.82, 2.24) is 10.3 Å². The van der Waals surface area contributed by atoms with E-state index in [-0.39, 0.29) is 0 Å². The van der Waals surface area contributed by atoms with Crippen LogP contribution in [0, 0.1) is 12.3 Å². The van der Waals surface area contributed by atoms with Crippen molar-refractivity contribution >= 4 is 16.5 Å². The van der Waals surface area contributed by atoms with E-state index < -0.39 is 0 Å². The zero-order chi connectivity index (χ0) is 14.8. The van der Waals surface area contributed by atoms with E-state index in [9.17, 15) is 0 Å². The molecule has 0 spiro atoms. The lowest BCUT2D eigenvalue weighted by molar-refractivity contribution is 0.325. The molecule has 1 aliphatic rings. The Labute approximate surface area is 127 Å². The molecule has 20 heavy (non-hydrogen) atoms.